The van der Waals surface area contributed by atoms with E-state index in [-0.39, 0.29) is 24.7 Å². The molecule has 2 aromatic carbocycles. The molecule has 0 spiro atoms. The number of ether oxygens (including phenoxy) is 2. The fraction of sp³-hybridized carbons (Fsp3) is 0.580. The molecule has 1 aliphatic heterocycles. The first-order chi connectivity index (χ1) is 34.3. The lowest BCUT2D eigenvalue weighted by molar-refractivity contribution is -0.141. The zero-order valence-corrected chi connectivity index (χ0v) is 44.6. The quantitative estimate of drug-likeness (QED) is 0.0260. The second-order valence-electron chi connectivity index (χ2n) is 17.2. The van der Waals surface area contributed by atoms with Crippen molar-refractivity contribution in [2.24, 2.45) is 10.7 Å². The molecule has 2 amide bonds. The van der Waals surface area contributed by atoms with Crippen LogP contribution in [0.4, 0.5) is 5.69 Å². The Morgan fingerprint density at radius 1 is 0.806 bits per heavy atom. The number of hydrogen-bond acceptors (Lipinski definition) is 17. The number of benzene rings is 2. The van der Waals surface area contributed by atoms with Gasteiger partial charge < -0.3 is 60.4 Å². The van der Waals surface area contributed by atoms with Crippen molar-refractivity contribution in [3.63, 3.8) is 0 Å². The summed E-state index contributed by atoms with van der Waals surface area (Å²) < 4.78 is 11.2. The van der Waals surface area contributed by atoms with Crippen LogP contribution in [0, 0.1) is 0 Å². The van der Waals surface area contributed by atoms with Gasteiger partial charge in [0.05, 0.1) is 56.5 Å². The summed E-state index contributed by atoms with van der Waals surface area (Å²) in [5.74, 6) is -1.67. The molecule has 21 nitrogen and oxygen atoms in total. The molecule has 1 heterocycles. The van der Waals surface area contributed by atoms with Gasteiger partial charge in [-0.05, 0) is 100 Å². The van der Waals surface area contributed by atoms with E-state index < -0.39 is 29.9 Å². The number of hydrogen-bond donors (Lipinski definition) is 6. The van der Waals surface area contributed by atoms with Crippen molar-refractivity contribution < 1.29 is 58.7 Å². The molecule has 72 heavy (non-hydrogen) atoms. The fourth-order valence-electron chi connectivity index (χ4n) is 7.30. The number of allylic oxidation sites excluding steroid dienone is 1. The highest BCUT2D eigenvalue weighted by Crippen LogP contribution is 2.35. The van der Waals surface area contributed by atoms with E-state index >= 15 is 0 Å². The molecule has 22 heteroatoms. The van der Waals surface area contributed by atoms with Crippen LogP contribution in [0.2, 0.25) is 0 Å². The molecule has 1 fully saturated rings. The first-order valence-electron chi connectivity index (χ1n) is 24.0. The molecule has 0 aromatic heterocycles. The van der Waals surface area contributed by atoms with Crippen molar-refractivity contribution in [1.29, 1.82) is 0 Å². The normalized spacial score (nSPS) is 15.1. The van der Waals surface area contributed by atoms with Gasteiger partial charge in [-0.3, -0.25) is 38.7 Å². The molecule has 1 aliphatic rings. The van der Waals surface area contributed by atoms with Gasteiger partial charge in [-0.25, -0.2) is 4.99 Å². The number of carboxylic acid groups (broad SMARTS) is 3. The van der Waals surface area contributed by atoms with Crippen molar-refractivity contribution in [1.82, 2.24) is 34.7 Å². The Kier molecular flexibility index (Phi) is 32.5. The maximum absolute atomic E-state index is 12.8. The number of carboxylic acids is 3. The number of nitrogens with one attached hydrogen (secondary N) is 1. The minimum Gasteiger partial charge on any atom is -0.496 e. The number of carbonyl (C=O) groups excluding carboxylic acids is 3. The third kappa shape index (κ3) is 25.2. The number of aliphatic hydroxyl groups is 1. The number of aliphatic imine (C=N–C) groups is 1. The van der Waals surface area contributed by atoms with Crippen molar-refractivity contribution in [2.45, 2.75) is 57.4 Å². The molecule has 1 atom stereocenters. The molecule has 2 aromatic rings. The number of amides is 2. The predicted octanol–water partition coefficient (Wildman–Crippen LogP) is 2.48. The smallest absolute Gasteiger partial charge is 0.325 e. The first kappa shape index (κ1) is 64.4. The predicted molar refractivity (Wildman–Crippen MR) is 281 cm³/mol. The largest absolute Gasteiger partial charge is 0.496 e. The first-order valence-corrected chi connectivity index (χ1v) is 25.0. The number of aldehydes is 1. The summed E-state index contributed by atoms with van der Waals surface area (Å²) in [6.07, 6.45) is 5.09. The van der Waals surface area contributed by atoms with Gasteiger partial charge >= 0.3 is 17.9 Å². The van der Waals surface area contributed by atoms with E-state index in [2.05, 4.69) is 49.0 Å². The third-order valence-electron chi connectivity index (χ3n) is 11.4. The van der Waals surface area contributed by atoms with Gasteiger partial charge in [0.2, 0.25) is 6.41 Å². The molecule has 1 saturated heterocycles. The monoisotopic (exact) mass is 1030 g/mol. The number of rotatable bonds is 26. The lowest BCUT2D eigenvalue weighted by Crippen LogP contribution is -2.47. The Bertz CT molecular complexity index is 2020. The van der Waals surface area contributed by atoms with Gasteiger partial charge in [0, 0.05) is 78.0 Å². The molecule has 0 aliphatic carbocycles. The highest BCUT2D eigenvalue weighted by atomic mass is 32.2. The number of methoxy groups -OCH3 is 2. The Morgan fingerprint density at radius 2 is 1.33 bits per heavy atom. The van der Waals surface area contributed by atoms with Crippen LogP contribution in [-0.4, -0.2) is 237 Å². The highest BCUT2D eigenvalue weighted by molar-refractivity contribution is 7.99. The van der Waals surface area contributed by atoms with Gasteiger partial charge in [0.15, 0.2) is 0 Å². The Labute approximate surface area is 430 Å². The average molecular weight is 1030 g/mol. The summed E-state index contributed by atoms with van der Waals surface area (Å²) >= 11 is 1.78. The second-order valence-corrected chi connectivity index (χ2v) is 18.4. The van der Waals surface area contributed by atoms with Crippen molar-refractivity contribution in [3.05, 3.63) is 59.3 Å². The van der Waals surface area contributed by atoms with Crippen molar-refractivity contribution >= 4 is 59.7 Å². The zero-order valence-electron chi connectivity index (χ0n) is 43.7. The topological polar surface area (TPSA) is 272 Å². The van der Waals surface area contributed by atoms with Crippen molar-refractivity contribution in [2.75, 3.05) is 139 Å². The second kappa shape index (κ2) is 36.3. The van der Waals surface area contributed by atoms with Crippen LogP contribution in [0.5, 0.6) is 11.5 Å². The molecule has 7 N–H and O–H groups in total. The number of nitrogens with zero attached hydrogens (tertiary/aromatic N) is 7. The lowest BCUT2D eigenvalue weighted by atomic mass is 10.0. The molecule has 0 saturated carbocycles. The number of aliphatic carboxylic acids is 3. The SMILES string of the molecule is CCN1CCN(CC=O)CCN(CC(=O)O)CCN(CC(=O)O)CC1.CO.COc1cccc(OC)c1C(/C=C(\N)C(=O)NC(C)C(=O)O)=Nc1ccc(SCCCN(C)CCCN(C)C=O)cc1C(C)C. The Hall–Kier alpha value is -5.62. The summed E-state index contributed by atoms with van der Waals surface area (Å²) in [7, 11) is 7.94. The van der Waals surface area contributed by atoms with E-state index in [9.17, 15) is 33.9 Å². The number of aliphatic hydroxyl groups excluding tert-OH is 1. The van der Waals surface area contributed by atoms with E-state index in [1.807, 2.05) is 21.9 Å². The average Bonchev–Trinajstić information content (AvgIpc) is 3.35. The minimum atomic E-state index is -1.18. The van der Waals surface area contributed by atoms with Crippen LogP contribution >= 0.6 is 11.8 Å². The summed E-state index contributed by atoms with van der Waals surface area (Å²) in [4.78, 5) is 85.8. The summed E-state index contributed by atoms with van der Waals surface area (Å²) in [6, 6.07) is 10.3. The highest BCUT2D eigenvalue weighted by Gasteiger charge is 2.22. The van der Waals surface area contributed by atoms with Crippen LogP contribution in [0.15, 0.2) is 58.1 Å². The number of nitrogens with two attached hydrogens (primary N) is 1. The van der Waals surface area contributed by atoms with Gasteiger partial charge in [-0.2, -0.15) is 0 Å². The molecular weight excluding hydrogens is 951 g/mol. The van der Waals surface area contributed by atoms with E-state index in [0.29, 0.717) is 67.7 Å². The van der Waals surface area contributed by atoms with E-state index in [1.165, 1.54) is 27.2 Å². The van der Waals surface area contributed by atoms with Gasteiger partial charge in [-0.1, -0.05) is 26.8 Å². The maximum Gasteiger partial charge on any atom is 0.325 e. The van der Waals surface area contributed by atoms with E-state index in [4.69, 9.17) is 35.5 Å². The van der Waals surface area contributed by atoms with Crippen LogP contribution in [0.1, 0.15) is 57.6 Å². The summed E-state index contributed by atoms with van der Waals surface area (Å²) in [6.45, 7) is 16.4. The van der Waals surface area contributed by atoms with Gasteiger partial charge in [0.1, 0.15) is 23.8 Å². The Balaban J connectivity index is 0.000000810. The molecular formula is C50H81N9O12S. The summed E-state index contributed by atoms with van der Waals surface area (Å²) in [5, 5.41) is 36.7. The number of carbonyl (C=O) groups is 6. The number of likely N-dealkylation sites (N-methyl/N-ethyl adjacent to an activating group) is 1. The van der Waals surface area contributed by atoms with Crippen LogP contribution in [0.25, 0.3) is 0 Å². The van der Waals surface area contributed by atoms with Crippen LogP contribution < -0.4 is 20.5 Å². The lowest BCUT2D eigenvalue weighted by Gasteiger charge is -2.32. The molecule has 0 bridgehead atoms. The molecule has 3 rings (SSSR count). The van der Waals surface area contributed by atoms with E-state index in [1.54, 1.807) is 46.8 Å². The van der Waals surface area contributed by atoms with Crippen LogP contribution in [0.3, 0.4) is 0 Å². The third-order valence-corrected chi connectivity index (χ3v) is 12.5. The van der Waals surface area contributed by atoms with E-state index in [0.717, 1.165) is 94.7 Å². The molecule has 1 unspecified atom stereocenters. The van der Waals surface area contributed by atoms with Crippen molar-refractivity contribution in [3.8, 4) is 11.5 Å². The van der Waals surface area contributed by atoms with Crippen LogP contribution in [-0.2, 0) is 28.8 Å². The fourth-order valence-corrected chi connectivity index (χ4v) is 8.18. The Morgan fingerprint density at radius 3 is 1.81 bits per heavy atom. The standard InChI is InChI=1S/C33H47N5O6S.C16H30N4O5.CH4O/c1-22(2)25-19-24(45-18-10-17-37(4)15-9-16-38(5)21-39)13-14-27(25)36-28(20-26(34)32(40)35-23(3)33(41)42)31-29(43-6)11-8-12-30(31)44-7;1-2-17-3-5-18(11-12-21)6-8-20(14-16(24)25)10-9-19(7-4-17)13-15(22)23;1-2/h8,11-14,19-23H,9-10,15-18,34H2,1-7H3,(H,35,40)(H,41,42);12H,2-11,13-14H2,1H3,(H,22,23)(H,24,25);2H,1H3/b26-20-,36-28?;;. The van der Waals surface area contributed by atoms with Gasteiger partial charge in [-0.15, -0.1) is 11.8 Å². The summed E-state index contributed by atoms with van der Waals surface area (Å²) in [5.41, 5.74) is 8.49. The molecule has 0 radical (unpaired) electrons. The maximum atomic E-state index is 12.8. The zero-order chi connectivity index (χ0) is 54.2. The number of thioether (sulfide) groups is 1. The molecule has 404 valence electrons. The van der Waals surface area contributed by atoms with Gasteiger partial charge in [0.25, 0.3) is 5.91 Å². The minimum absolute atomic E-state index is 0.0459.